The van der Waals surface area contributed by atoms with Crippen molar-refractivity contribution in [3.63, 3.8) is 0 Å². The summed E-state index contributed by atoms with van der Waals surface area (Å²) in [4.78, 5) is 6.43. The van der Waals surface area contributed by atoms with Crippen LogP contribution in [0.4, 0.5) is 5.69 Å². The van der Waals surface area contributed by atoms with Crippen LogP contribution in [-0.4, -0.2) is 4.98 Å². The molecule has 2 nitrogen and oxygen atoms in total. The van der Waals surface area contributed by atoms with E-state index >= 15 is 0 Å². The minimum Gasteiger partial charge on any atom is -0.397 e. The van der Waals surface area contributed by atoms with E-state index in [4.69, 9.17) is 5.73 Å². The topological polar surface area (TPSA) is 38.9 Å². The molecular formula is C17H16N2S. The fraction of sp³-hybridized carbons (Fsp3) is 0.118. The van der Waals surface area contributed by atoms with Gasteiger partial charge >= 0.3 is 0 Å². The second kappa shape index (κ2) is 5.17. The zero-order valence-electron chi connectivity index (χ0n) is 11.6. The van der Waals surface area contributed by atoms with Gasteiger partial charge in [-0.05, 0) is 49.2 Å². The highest BCUT2D eigenvalue weighted by Crippen LogP contribution is 2.36. The number of fused-ring (bicyclic) bond motifs is 1. The summed E-state index contributed by atoms with van der Waals surface area (Å²) in [5, 5.41) is 2.14. The molecule has 1 heterocycles. The first-order chi connectivity index (χ1) is 9.65. The summed E-state index contributed by atoms with van der Waals surface area (Å²) in [5.41, 5.74) is 9.73. The zero-order valence-corrected chi connectivity index (χ0v) is 12.4. The molecule has 3 rings (SSSR count). The van der Waals surface area contributed by atoms with Gasteiger partial charge in [-0.25, -0.2) is 0 Å². The summed E-state index contributed by atoms with van der Waals surface area (Å²) in [5.74, 6) is 0. The largest absolute Gasteiger partial charge is 0.397 e. The summed E-state index contributed by atoms with van der Waals surface area (Å²) in [6, 6.07) is 12.6. The first-order valence-electron chi connectivity index (χ1n) is 6.52. The lowest BCUT2D eigenvalue weighted by atomic mass is 10.1. The predicted molar refractivity (Wildman–Crippen MR) is 86.2 cm³/mol. The van der Waals surface area contributed by atoms with Crippen molar-refractivity contribution in [2.24, 2.45) is 0 Å². The molecule has 1 aromatic heterocycles. The molecule has 0 bridgehead atoms. The standard InChI is InChI=1S/C17H16N2S/c1-11-3-5-14(9-12(11)2)20-16-6-4-13-10-19-8-7-15(13)17(16)18/h3-10H,18H2,1-2H3. The van der Waals surface area contributed by atoms with E-state index in [1.165, 1.54) is 16.0 Å². The quantitative estimate of drug-likeness (QED) is 0.698. The van der Waals surface area contributed by atoms with Gasteiger partial charge in [0.25, 0.3) is 0 Å². The molecule has 0 unspecified atom stereocenters. The summed E-state index contributed by atoms with van der Waals surface area (Å²) in [7, 11) is 0. The fourth-order valence-electron chi connectivity index (χ4n) is 2.17. The minimum absolute atomic E-state index is 0.827. The van der Waals surface area contributed by atoms with Crippen molar-refractivity contribution in [2.45, 2.75) is 23.6 Å². The molecule has 0 aliphatic rings. The number of rotatable bonds is 2. The molecule has 0 amide bonds. The number of benzene rings is 2. The summed E-state index contributed by atoms with van der Waals surface area (Å²) < 4.78 is 0. The molecule has 100 valence electrons. The van der Waals surface area contributed by atoms with Crippen molar-refractivity contribution in [2.75, 3.05) is 5.73 Å². The maximum atomic E-state index is 6.29. The van der Waals surface area contributed by atoms with Crippen molar-refractivity contribution < 1.29 is 0 Å². The Bertz CT molecular complexity index is 781. The Hall–Kier alpha value is -2.00. The second-order valence-electron chi connectivity index (χ2n) is 4.92. The van der Waals surface area contributed by atoms with Gasteiger partial charge in [-0.15, -0.1) is 0 Å². The van der Waals surface area contributed by atoms with E-state index in [1.54, 1.807) is 18.0 Å². The number of anilines is 1. The monoisotopic (exact) mass is 280 g/mol. The third kappa shape index (κ3) is 2.37. The van der Waals surface area contributed by atoms with Gasteiger partial charge in [-0.3, -0.25) is 4.98 Å². The lowest BCUT2D eigenvalue weighted by Crippen LogP contribution is -1.91. The molecule has 0 radical (unpaired) electrons. The highest BCUT2D eigenvalue weighted by molar-refractivity contribution is 7.99. The average Bonchev–Trinajstić information content (AvgIpc) is 2.46. The van der Waals surface area contributed by atoms with E-state index in [1.807, 2.05) is 12.3 Å². The first-order valence-corrected chi connectivity index (χ1v) is 7.34. The number of hydrogen-bond donors (Lipinski definition) is 1. The number of nitrogens with two attached hydrogens (primary N) is 1. The molecule has 0 saturated heterocycles. The lowest BCUT2D eigenvalue weighted by molar-refractivity contribution is 1.27. The molecule has 0 spiro atoms. The van der Waals surface area contributed by atoms with Gasteiger partial charge in [-0.1, -0.05) is 23.9 Å². The van der Waals surface area contributed by atoms with Crippen molar-refractivity contribution >= 4 is 28.2 Å². The molecule has 3 heteroatoms. The number of nitrogens with zero attached hydrogens (tertiary/aromatic N) is 1. The Balaban J connectivity index is 2.02. The van der Waals surface area contributed by atoms with Crippen molar-refractivity contribution in [1.82, 2.24) is 4.98 Å². The van der Waals surface area contributed by atoms with E-state index in [-0.39, 0.29) is 0 Å². The van der Waals surface area contributed by atoms with Crippen LogP contribution in [0.15, 0.2) is 58.6 Å². The molecule has 0 fully saturated rings. The van der Waals surface area contributed by atoms with Crippen LogP contribution in [0, 0.1) is 13.8 Å². The van der Waals surface area contributed by atoms with Gasteiger partial charge in [-0.2, -0.15) is 0 Å². The number of pyridine rings is 1. The molecule has 2 aromatic carbocycles. The molecule has 2 N–H and O–H groups in total. The van der Waals surface area contributed by atoms with E-state index < -0.39 is 0 Å². The lowest BCUT2D eigenvalue weighted by Gasteiger charge is -2.09. The molecule has 0 aliphatic heterocycles. The Morgan fingerprint density at radius 3 is 2.65 bits per heavy atom. The zero-order chi connectivity index (χ0) is 14.1. The van der Waals surface area contributed by atoms with Gasteiger partial charge in [0.05, 0.1) is 5.69 Å². The van der Waals surface area contributed by atoms with Crippen LogP contribution in [0.3, 0.4) is 0 Å². The fourth-order valence-corrected chi connectivity index (χ4v) is 3.15. The van der Waals surface area contributed by atoms with Crippen LogP contribution in [0.1, 0.15) is 11.1 Å². The predicted octanol–water partition coefficient (Wildman–Crippen LogP) is 4.59. The van der Waals surface area contributed by atoms with Crippen LogP contribution in [-0.2, 0) is 0 Å². The van der Waals surface area contributed by atoms with Crippen molar-refractivity contribution in [3.05, 3.63) is 59.9 Å². The van der Waals surface area contributed by atoms with Crippen LogP contribution in [0.25, 0.3) is 10.8 Å². The first kappa shape index (κ1) is 13.0. The summed E-state index contributed by atoms with van der Waals surface area (Å²) in [6.07, 6.45) is 3.62. The maximum absolute atomic E-state index is 6.29. The molecule has 3 aromatic rings. The van der Waals surface area contributed by atoms with Crippen molar-refractivity contribution in [1.29, 1.82) is 0 Å². The van der Waals surface area contributed by atoms with E-state index in [9.17, 15) is 0 Å². The number of nitrogen functional groups attached to an aromatic ring is 1. The molecule has 0 aliphatic carbocycles. The van der Waals surface area contributed by atoms with E-state index in [0.717, 1.165) is 21.4 Å². The van der Waals surface area contributed by atoms with E-state index in [2.05, 4.69) is 49.2 Å². The highest BCUT2D eigenvalue weighted by atomic mass is 32.2. The third-order valence-electron chi connectivity index (χ3n) is 3.53. The van der Waals surface area contributed by atoms with Crippen molar-refractivity contribution in [3.8, 4) is 0 Å². The van der Waals surface area contributed by atoms with Gasteiger partial charge in [0, 0.05) is 33.0 Å². The normalized spacial score (nSPS) is 10.9. The minimum atomic E-state index is 0.827. The van der Waals surface area contributed by atoms with Crippen LogP contribution in [0.5, 0.6) is 0 Å². The number of aromatic nitrogens is 1. The SMILES string of the molecule is Cc1ccc(Sc2ccc3cnccc3c2N)cc1C. The van der Waals surface area contributed by atoms with Gasteiger partial charge in [0.2, 0.25) is 0 Å². The van der Waals surface area contributed by atoms with Gasteiger partial charge < -0.3 is 5.73 Å². The van der Waals surface area contributed by atoms with Gasteiger partial charge in [0.1, 0.15) is 0 Å². The van der Waals surface area contributed by atoms with Crippen LogP contribution in [0.2, 0.25) is 0 Å². The Kier molecular flexibility index (Phi) is 3.36. The van der Waals surface area contributed by atoms with Crippen LogP contribution >= 0.6 is 11.8 Å². The summed E-state index contributed by atoms with van der Waals surface area (Å²) in [6.45, 7) is 4.26. The van der Waals surface area contributed by atoms with Gasteiger partial charge in [0.15, 0.2) is 0 Å². The third-order valence-corrected chi connectivity index (χ3v) is 4.59. The Labute approximate surface area is 123 Å². The Morgan fingerprint density at radius 2 is 1.85 bits per heavy atom. The van der Waals surface area contributed by atoms with Crippen LogP contribution < -0.4 is 5.73 Å². The number of aryl methyl sites for hydroxylation is 2. The summed E-state index contributed by atoms with van der Waals surface area (Å²) >= 11 is 1.71. The maximum Gasteiger partial charge on any atom is 0.0536 e. The molecule has 0 atom stereocenters. The average molecular weight is 280 g/mol. The Morgan fingerprint density at radius 1 is 1.00 bits per heavy atom. The smallest absolute Gasteiger partial charge is 0.0536 e. The molecule has 0 saturated carbocycles. The molecular weight excluding hydrogens is 264 g/mol. The highest BCUT2D eigenvalue weighted by Gasteiger charge is 2.06. The molecule has 20 heavy (non-hydrogen) atoms. The number of hydrogen-bond acceptors (Lipinski definition) is 3. The second-order valence-corrected chi connectivity index (χ2v) is 6.04. The van der Waals surface area contributed by atoms with E-state index in [0.29, 0.717) is 0 Å².